The summed E-state index contributed by atoms with van der Waals surface area (Å²) in [6, 6.07) is 6.63. The van der Waals surface area contributed by atoms with Gasteiger partial charge < -0.3 is 9.88 Å². The number of sulfonamides is 1. The van der Waals surface area contributed by atoms with Gasteiger partial charge in [-0.05, 0) is 24.6 Å². The minimum Gasteiger partial charge on any atom is -0.352 e. The van der Waals surface area contributed by atoms with Crippen molar-refractivity contribution in [1.82, 2.24) is 14.5 Å². The Morgan fingerprint density at radius 2 is 2.00 bits per heavy atom. The van der Waals surface area contributed by atoms with Crippen LogP contribution >= 0.6 is 0 Å². The summed E-state index contributed by atoms with van der Waals surface area (Å²) in [7, 11) is -0.467. The molecule has 0 bridgehead atoms. The van der Waals surface area contributed by atoms with Crippen molar-refractivity contribution in [2.45, 2.75) is 31.9 Å². The number of rotatable bonds is 9. The normalized spacial score (nSPS) is 18.3. The molecule has 1 aliphatic carbocycles. The van der Waals surface area contributed by atoms with E-state index in [2.05, 4.69) is 20.3 Å². The second-order valence-corrected chi connectivity index (χ2v) is 11.5. The molecule has 3 heterocycles. The number of carbonyl (C=O) groups excluding carboxylic acids is 1. The van der Waals surface area contributed by atoms with Crippen LogP contribution in [0.3, 0.4) is 0 Å². The number of aliphatic imine (C=N–C) groups is 1. The molecule has 1 saturated carbocycles. The topological polar surface area (TPSA) is 110 Å². The average Bonchev–Trinajstić information content (AvgIpc) is 3.22. The summed E-state index contributed by atoms with van der Waals surface area (Å²) in [6.07, 6.45) is 0.237. The molecule has 0 spiro atoms. The van der Waals surface area contributed by atoms with Crippen molar-refractivity contribution in [3.8, 4) is 11.3 Å². The largest absolute Gasteiger partial charge is 0.352 e. The van der Waals surface area contributed by atoms with Crippen molar-refractivity contribution < 1.29 is 26.4 Å². The standard InChI is InChI=1S/C25H25F3N6O3S/c1-33-12-29-11-22(33)13-4-5-17(21(6-13)34(2)38(3,36)37)31-18-7-14(8-23(35)15-9-16(15)26)30-19-10-20(25(27)28)32-24(18)19/h4-7,11-12,15-16,25H,8-10H2,1-3H3,(H,30,31)/t15-,16+/m1/s1. The summed E-state index contributed by atoms with van der Waals surface area (Å²) in [5, 5.41) is 3.13. The van der Waals surface area contributed by atoms with Crippen LogP contribution in [0.5, 0.6) is 0 Å². The van der Waals surface area contributed by atoms with Gasteiger partial charge in [0.1, 0.15) is 17.6 Å². The third kappa shape index (κ3) is 5.02. The smallest absolute Gasteiger partial charge is 0.277 e. The van der Waals surface area contributed by atoms with E-state index < -0.39 is 28.5 Å². The van der Waals surface area contributed by atoms with E-state index in [1.165, 1.54) is 13.1 Å². The predicted octanol–water partition coefficient (Wildman–Crippen LogP) is 3.98. The van der Waals surface area contributed by atoms with Gasteiger partial charge in [-0.2, -0.15) is 0 Å². The molecule has 3 aromatic rings. The monoisotopic (exact) mass is 546 g/mol. The number of fused-ring (bicyclic) bond motifs is 1. The lowest BCUT2D eigenvalue weighted by molar-refractivity contribution is -0.120. The molecule has 2 atom stereocenters. The van der Waals surface area contributed by atoms with E-state index in [1.807, 2.05) is 7.05 Å². The number of nitrogens with one attached hydrogen (secondary N) is 1. The van der Waals surface area contributed by atoms with E-state index in [1.54, 1.807) is 35.3 Å². The maximum Gasteiger partial charge on any atom is 0.277 e. The first-order valence-corrected chi connectivity index (χ1v) is 13.6. The molecule has 5 rings (SSSR count). The van der Waals surface area contributed by atoms with Crippen LogP contribution in [0, 0.1) is 5.92 Å². The third-order valence-corrected chi connectivity index (χ3v) is 7.86. The molecule has 1 aromatic carbocycles. The summed E-state index contributed by atoms with van der Waals surface area (Å²) >= 11 is 0. The molecule has 2 aromatic heterocycles. The Kier molecular flexibility index (Phi) is 6.49. The van der Waals surface area contributed by atoms with E-state index in [0.29, 0.717) is 22.6 Å². The fourth-order valence-electron chi connectivity index (χ4n) is 4.39. The van der Waals surface area contributed by atoms with Crippen molar-refractivity contribution in [2.75, 3.05) is 22.9 Å². The number of Topliss-reactive ketones (excluding diaryl/α,β-unsaturated/α-hetero) is 1. The lowest BCUT2D eigenvalue weighted by Crippen LogP contribution is -2.25. The zero-order valence-electron chi connectivity index (χ0n) is 20.8. The zero-order valence-corrected chi connectivity index (χ0v) is 21.6. The lowest BCUT2D eigenvalue weighted by Gasteiger charge is -2.23. The number of aromatic nitrogens is 3. The number of aryl methyl sites for hydroxylation is 1. The van der Waals surface area contributed by atoms with Crippen molar-refractivity contribution >= 4 is 44.3 Å². The third-order valence-electron chi connectivity index (χ3n) is 6.67. The molecular weight excluding hydrogens is 521 g/mol. The molecule has 0 amide bonds. The van der Waals surface area contributed by atoms with E-state index in [-0.39, 0.29) is 47.8 Å². The molecule has 1 aliphatic heterocycles. The van der Waals surface area contributed by atoms with Gasteiger partial charge in [0.2, 0.25) is 10.0 Å². The summed E-state index contributed by atoms with van der Waals surface area (Å²) < 4.78 is 68.2. The van der Waals surface area contributed by atoms with Gasteiger partial charge in [0.25, 0.3) is 6.43 Å². The fourth-order valence-corrected chi connectivity index (χ4v) is 4.89. The number of hydrogen-bond acceptors (Lipinski definition) is 7. The number of hydrogen-bond donors (Lipinski definition) is 1. The van der Waals surface area contributed by atoms with Gasteiger partial charge in [-0.15, -0.1) is 0 Å². The minimum atomic E-state index is -3.68. The summed E-state index contributed by atoms with van der Waals surface area (Å²) in [5.41, 5.74) is 2.80. The number of halogens is 3. The minimum absolute atomic E-state index is 0.146. The van der Waals surface area contributed by atoms with Crippen molar-refractivity contribution in [1.29, 1.82) is 0 Å². The van der Waals surface area contributed by atoms with Crippen molar-refractivity contribution in [3.63, 3.8) is 0 Å². The molecule has 9 nitrogen and oxygen atoms in total. The summed E-state index contributed by atoms with van der Waals surface area (Å²) in [4.78, 5) is 25.0. The Morgan fingerprint density at radius 3 is 2.61 bits per heavy atom. The highest BCUT2D eigenvalue weighted by atomic mass is 32.2. The van der Waals surface area contributed by atoms with Gasteiger partial charge in [0, 0.05) is 32.5 Å². The molecule has 13 heteroatoms. The highest BCUT2D eigenvalue weighted by molar-refractivity contribution is 7.92. The van der Waals surface area contributed by atoms with E-state index >= 15 is 0 Å². The molecular formula is C25H25F3N6O3S. The second kappa shape index (κ2) is 9.53. The molecule has 0 unspecified atom stereocenters. The number of anilines is 3. The lowest BCUT2D eigenvalue weighted by atomic mass is 10.1. The average molecular weight is 547 g/mol. The first-order valence-electron chi connectivity index (χ1n) is 11.8. The number of pyridine rings is 1. The van der Waals surface area contributed by atoms with Gasteiger partial charge in [0.05, 0.1) is 64.6 Å². The highest BCUT2D eigenvalue weighted by Crippen LogP contribution is 2.41. The van der Waals surface area contributed by atoms with Crippen LogP contribution in [0.2, 0.25) is 0 Å². The van der Waals surface area contributed by atoms with E-state index in [9.17, 15) is 26.4 Å². The molecule has 200 valence electrons. The van der Waals surface area contributed by atoms with Crippen LogP contribution < -0.4 is 9.62 Å². The van der Waals surface area contributed by atoms with Crippen LogP contribution in [0.25, 0.3) is 11.3 Å². The Labute approximate surface area is 217 Å². The molecule has 1 N–H and O–H groups in total. The zero-order chi connectivity index (χ0) is 27.4. The van der Waals surface area contributed by atoms with E-state index in [0.717, 1.165) is 16.3 Å². The number of alkyl halides is 3. The molecule has 38 heavy (non-hydrogen) atoms. The van der Waals surface area contributed by atoms with Crippen LogP contribution in [0.15, 0.2) is 41.8 Å². The Morgan fingerprint density at radius 1 is 1.26 bits per heavy atom. The van der Waals surface area contributed by atoms with Gasteiger partial charge >= 0.3 is 0 Å². The Hall–Kier alpha value is -3.74. The number of carbonyl (C=O) groups is 1. The molecule has 2 aliphatic rings. The highest BCUT2D eigenvalue weighted by Gasteiger charge is 2.43. The number of ketones is 1. The van der Waals surface area contributed by atoms with E-state index in [4.69, 9.17) is 0 Å². The summed E-state index contributed by atoms with van der Waals surface area (Å²) in [6.45, 7) is 0. The van der Waals surface area contributed by atoms with Crippen molar-refractivity contribution in [3.05, 3.63) is 48.2 Å². The van der Waals surface area contributed by atoms with Gasteiger partial charge in [0.15, 0.2) is 0 Å². The van der Waals surface area contributed by atoms with Crippen LogP contribution in [-0.4, -0.2) is 60.3 Å². The number of nitrogens with zero attached hydrogens (tertiary/aromatic N) is 5. The Balaban J connectivity index is 1.58. The number of benzene rings is 1. The molecule has 0 saturated heterocycles. The quantitative estimate of drug-likeness (QED) is 0.435. The van der Waals surface area contributed by atoms with Crippen LogP contribution in [-0.2, 0) is 34.7 Å². The SMILES string of the molecule is CN(c1cc(-c2cncn2C)ccc1Nc1cc(CC(=O)[C@@H]2C[C@@H]2F)nc2c1N=C(C(F)F)C2)S(C)(=O)=O. The van der Waals surface area contributed by atoms with Gasteiger partial charge in [-0.25, -0.2) is 31.6 Å². The predicted molar refractivity (Wildman–Crippen MR) is 138 cm³/mol. The van der Waals surface area contributed by atoms with Crippen LogP contribution in [0.1, 0.15) is 17.8 Å². The van der Waals surface area contributed by atoms with Gasteiger partial charge in [-0.3, -0.25) is 14.1 Å². The summed E-state index contributed by atoms with van der Waals surface area (Å²) in [5.74, 6) is -0.967. The number of imidazole rings is 1. The van der Waals surface area contributed by atoms with Crippen LogP contribution in [0.4, 0.5) is 35.9 Å². The second-order valence-electron chi connectivity index (χ2n) is 9.52. The first kappa shape index (κ1) is 25.9. The molecule has 1 fully saturated rings. The molecule has 0 radical (unpaired) electrons. The maximum atomic E-state index is 13.5. The van der Waals surface area contributed by atoms with Crippen molar-refractivity contribution in [2.24, 2.45) is 18.0 Å². The van der Waals surface area contributed by atoms with Gasteiger partial charge in [-0.1, -0.05) is 6.07 Å². The first-order chi connectivity index (χ1) is 17.9. The Bertz CT molecular complexity index is 1570. The maximum absolute atomic E-state index is 13.5. The fraction of sp³-hybridized carbons (Fsp3) is 0.360.